The van der Waals surface area contributed by atoms with Gasteiger partial charge in [-0.3, -0.25) is 9.36 Å². The largest absolute Gasteiger partial charge is 0.419 e. The van der Waals surface area contributed by atoms with E-state index >= 15 is 0 Å². The molecule has 6 heteroatoms. The molecule has 0 aliphatic carbocycles. The summed E-state index contributed by atoms with van der Waals surface area (Å²) < 4.78 is 6.82. The average Bonchev–Trinajstić information content (AvgIpc) is 2.83. The molecule has 0 N–H and O–H groups in total. The number of oxazole rings is 1. The van der Waals surface area contributed by atoms with Gasteiger partial charge in [0.1, 0.15) is 0 Å². The Morgan fingerprint density at radius 1 is 1.30 bits per heavy atom. The Balaban J connectivity index is 1.59. The van der Waals surface area contributed by atoms with Crippen molar-refractivity contribution >= 4 is 17.0 Å². The lowest BCUT2D eigenvalue weighted by molar-refractivity contribution is -0.135. The normalized spacial score (nSPS) is 19.4. The highest BCUT2D eigenvalue weighted by Crippen LogP contribution is 2.14. The van der Waals surface area contributed by atoms with Gasteiger partial charge in [-0.25, -0.2) is 4.79 Å². The van der Waals surface area contributed by atoms with E-state index in [4.69, 9.17) is 4.42 Å². The maximum atomic E-state index is 12.4. The van der Waals surface area contributed by atoms with Crippen molar-refractivity contribution in [3.05, 3.63) is 34.8 Å². The number of benzene rings is 1. The van der Waals surface area contributed by atoms with E-state index in [1.165, 1.54) is 0 Å². The highest BCUT2D eigenvalue weighted by atomic mass is 16.4. The topological polar surface area (TPSA) is 58.7 Å². The zero-order chi connectivity index (χ0) is 16.4. The summed E-state index contributed by atoms with van der Waals surface area (Å²) in [5.74, 6) is -0.182. The Kier molecular flexibility index (Phi) is 4.52. The molecule has 1 aromatic carbocycles. The van der Waals surface area contributed by atoms with Crippen LogP contribution < -0.4 is 5.76 Å². The third kappa shape index (κ3) is 3.32. The second-order valence-corrected chi connectivity index (χ2v) is 6.29. The van der Waals surface area contributed by atoms with Gasteiger partial charge < -0.3 is 14.2 Å². The van der Waals surface area contributed by atoms with Gasteiger partial charge in [0, 0.05) is 38.6 Å². The lowest BCUT2D eigenvalue weighted by Crippen LogP contribution is -2.52. The van der Waals surface area contributed by atoms with Gasteiger partial charge in [0.15, 0.2) is 5.58 Å². The standard InChI is InChI=1S/C17H23N3O3/c1-13-12-18(2)10-11-19(13)16(21)8-5-9-20-14-6-3-4-7-15(14)23-17(20)22/h3-4,6-7,13H,5,8-12H2,1-2H3. The molecule has 1 aromatic heterocycles. The summed E-state index contributed by atoms with van der Waals surface area (Å²) in [5.41, 5.74) is 1.38. The molecule has 6 nitrogen and oxygen atoms in total. The molecule has 1 fully saturated rings. The fourth-order valence-corrected chi connectivity index (χ4v) is 3.27. The molecule has 3 rings (SSSR count). The maximum Gasteiger partial charge on any atom is 0.419 e. The number of aromatic nitrogens is 1. The first kappa shape index (κ1) is 15.8. The molecule has 1 aliphatic heterocycles. The van der Waals surface area contributed by atoms with Crippen LogP contribution >= 0.6 is 0 Å². The van der Waals surface area contributed by atoms with Crippen LogP contribution in [0.25, 0.3) is 11.1 Å². The molecule has 1 unspecified atom stereocenters. The Labute approximate surface area is 135 Å². The van der Waals surface area contributed by atoms with E-state index in [1.807, 2.05) is 23.1 Å². The van der Waals surface area contributed by atoms with Gasteiger partial charge in [0.05, 0.1) is 5.52 Å². The quantitative estimate of drug-likeness (QED) is 0.858. The first-order valence-corrected chi connectivity index (χ1v) is 8.12. The average molecular weight is 317 g/mol. The molecule has 124 valence electrons. The van der Waals surface area contributed by atoms with Crippen LogP contribution in [0.2, 0.25) is 0 Å². The van der Waals surface area contributed by atoms with Gasteiger partial charge in [-0.2, -0.15) is 0 Å². The molecule has 0 radical (unpaired) electrons. The number of nitrogens with zero attached hydrogens (tertiary/aromatic N) is 3. The van der Waals surface area contributed by atoms with Crippen LogP contribution in [0.3, 0.4) is 0 Å². The van der Waals surface area contributed by atoms with E-state index in [-0.39, 0.29) is 17.7 Å². The first-order valence-electron chi connectivity index (χ1n) is 8.12. The molecule has 1 saturated heterocycles. The predicted molar refractivity (Wildman–Crippen MR) is 88.4 cm³/mol. The van der Waals surface area contributed by atoms with Crippen molar-refractivity contribution < 1.29 is 9.21 Å². The molecule has 1 atom stereocenters. The van der Waals surface area contributed by atoms with Gasteiger partial charge in [-0.15, -0.1) is 0 Å². The maximum absolute atomic E-state index is 12.4. The minimum Gasteiger partial charge on any atom is -0.408 e. The highest BCUT2D eigenvalue weighted by molar-refractivity contribution is 5.76. The van der Waals surface area contributed by atoms with Gasteiger partial charge in [0.2, 0.25) is 5.91 Å². The Bertz CT molecular complexity index is 749. The summed E-state index contributed by atoms with van der Waals surface area (Å²) in [6.45, 7) is 5.20. The monoisotopic (exact) mass is 317 g/mol. The molecular weight excluding hydrogens is 294 g/mol. The Morgan fingerprint density at radius 3 is 2.87 bits per heavy atom. The van der Waals surface area contributed by atoms with E-state index in [0.717, 1.165) is 25.2 Å². The third-order valence-electron chi connectivity index (χ3n) is 4.50. The molecule has 2 aromatic rings. The van der Waals surface area contributed by atoms with Crippen LogP contribution in [-0.2, 0) is 11.3 Å². The molecular formula is C17H23N3O3. The van der Waals surface area contributed by atoms with Crippen LogP contribution in [0, 0.1) is 0 Å². The number of hydrogen-bond acceptors (Lipinski definition) is 4. The number of fused-ring (bicyclic) bond motifs is 1. The molecule has 0 bridgehead atoms. The van der Waals surface area contributed by atoms with Crippen LogP contribution in [-0.4, -0.2) is 53.0 Å². The fraction of sp³-hybridized carbons (Fsp3) is 0.529. The van der Waals surface area contributed by atoms with Crippen LogP contribution in [0.1, 0.15) is 19.8 Å². The summed E-state index contributed by atoms with van der Waals surface area (Å²) in [7, 11) is 2.08. The summed E-state index contributed by atoms with van der Waals surface area (Å²) in [6, 6.07) is 7.62. The number of rotatable bonds is 4. The zero-order valence-electron chi connectivity index (χ0n) is 13.7. The molecule has 1 amide bonds. The number of carbonyl (C=O) groups is 1. The molecule has 1 aliphatic rings. The lowest BCUT2D eigenvalue weighted by Gasteiger charge is -2.38. The minimum atomic E-state index is -0.355. The van der Waals surface area contributed by atoms with Crippen molar-refractivity contribution in [1.82, 2.24) is 14.4 Å². The van der Waals surface area contributed by atoms with Crippen LogP contribution in [0.4, 0.5) is 0 Å². The van der Waals surface area contributed by atoms with Crippen molar-refractivity contribution in [3.8, 4) is 0 Å². The van der Waals surface area contributed by atoms with Crippen molar-refractivity contribution in [3.63, 3.8) is 0 Å². The summed E-state index contributed by atoms with van der Waals surface area (Å²) in [5, 5.41) is 0. The number of para-hydroxylation sites is 2. The molecule has 23 heavy (non-hydrogen) atoms. The van der Waals surface area contributed by atoms with Gasteiger partial charge >= 0.3 is 5.76 Å². The minimum absolute atomic E-state index is 0.173. The highest BCUT2D eigenvalue weighted by Gasteiger charge is 2.25. The van der Waals surface area contributed by atoms with E-state index in [9.17, 15) is 9.59 Å². The second kappa shape index (κ2) is 6.58. The summed E-state index contributed by atoms with van der Waals surface area (Å²) in [4.78, 5) is 28.5. The van der Waals surface area contributed by atoms with E-state index in [1.54, 1.807) is 10.6 Å². The van der Waals surface area contributed by atoms with Crippen LogP contribution in [0.15, 0.2) is 33.5 Å². The predicted octanol–water partition coefficient (Wildman–Crippen LogP) is 1.54. The fourth-order valence-electron chi connectivity index (χ4n) is 3.27. The van der Waals surface area contributed by atoms with Crippen molar-refractivity contribution in [2.24, 2.45) is 0 Å². The number of piperazine rings is 1. The number of hydrogen-bond donors (Lipinski definition) is 0. The SMILES string of the molecule is CC1CN(C)CCN1C(=O)CCCn1c(=O)oc2ccccc21. The Hall–Kier alpha value is -2.08. The van der Waals surface area contributed by atoms with E-state index in [2.05, 4.69) is 18.9 Å². The number of aryl methyl sites for hydroxylation is 1. The summed E-state index contributed by atoms with van der Waals surface area (Å²) in [6.07, 6.45) is 1.10. The van der Waals surface area contributed by atoms with Gasteiger partial charge in [-0.1, -0.05) is 12.1 Å². The van der Waals surface area contributed by atoms with E-state index < -0.39 is 0 Å². The van der Waals surface area contributed by atoms with E-state index in [0.29, 0.717) is 25.0 Å². The number of carbonyl (C=O) groups excluding carboxylic acids is 1. The van der Waals surface area contributed by atoms with Crippen molar-refractivity contribution in [2.45, 2.75) is 32.4 Å². The number of likely N-dealkylation sites (N-methyl/N-ethyl adjacent to an activating group) is 1. The Morgan fingerprint density at radius 2 is 2.09 bits per heavy atom. The number of amides is 1. The molecule has 2 heterocycles. The smallest absolute Gasteiger partial charge is 0.408 e. The first-order chi connectivity index (χ1) is 11.1. The molecule has 0 saturated carbocycles. The zero-order valence-corrected chi connectivity index (χ0v) is 13.7. The van der Waals surface area contributed by atoms with Crippen molar-refractivity contribution in [1.29, 1.82) is 0 Å². The second-order valence-electron chi connectivity index (χ2n) is 6.29. The van der Waals surface area contributed by atoms with Gasteiger partial charge in [-0.05, 0) is 32.5 Å². The third-order valence-corrected chi connectivity index (χ3v) is 4.50. The van der Waals surface area contributed by atoms with Crippen LogP contribution in [0.5, 0.6) is 0 Å². The van der Waals surface area contributed by atoms with Gasteiger partial charge in [0.25, 0.3) is 0 Å². The molecule has 0 spiro atoms. The summed E-state index contributed by atoms with van der Waals surface area (Å²) >= 11 is 0. The lowest BCUT2D eigenvalue weighted by atomic mass is 10.1. The van der Waals surface area contributed by atoms with Crippen molar-refractivity contribution in [2.75, 3.05) is 26.7 Å².